The summed E-state index contributed by atoms with van der Waals surface area (Å²) in [6, 6.07) is 0. The molecule has 100 valence electrons. The van der Waals surface area contributed by atoms with Crippen LogP contribution in [-0.4, -0.2) is 9.55 Å². The summed E-state index contributed by atoms with van der Waals surface area (Å²) >= 11 is 0. The van der Waals surface area contributed by atoms with Crippen molar-refractivity contribution in [1.82, 2.24) is 9.55 Å². The van der Waals surface area contributed by atoms with Crippen LogP contribution < -0.4 is 0 Å². The van der Waals surface area contributed by atoms with E-state index in [1.165, 1.54) is 22.5 Å². The van der Waals surface area contributed by atoms with Crippen molar-refractivity contribution in [3.05, 3.63) is 35.4 Å². The topological polar surface area (TPSA) is 17.8 Å². The van der Waals surface area contributed by atoms with Gasteiger partial charge in [0.2, 0.25) is 0 Å². The molecule has 2 atom stereocenters. The molecule has 0 bridgehead atoms. The molecule has 0 radical (unpaired) electrons. The number of imidazole rings is 1. The first kappa shape index (κ1) is 14.7. The van der Waals surface area contributed by atoms with Crippen molar-refractivity contribution in [2.24, 2.45) is 13.0 Å². The van der Waals surface area contributed by atoms with E-state index in [-0.39, 0.29) is 0 Å². The highest BCUT2D eigenvalue weighted by molar-refractivity contribution is 5.69. The normalized spacial score (nSPS) is 22.2. The molecule has 0 aromatic carbocycles. The molecule has 2 heteroatoms. The van der Waals surface area contributed by atoms with Crippen molar-refractivity contribution >= 4 is 5.57 Å². The molecule has 0 N–H and O–H groups in total. The molecule has 0 amide bonds. The van der Waals surface area contributed by atoms with Crippen LogP contribution in [0.1, 0.15) is 57.7 Å². The van der Waals surface area contributed by atoms with Gasteiger partial charge in [-0.05, 0) is 39.2 Å². The third-order valence-corrected chi connectivity index (χ3v) is 4.17. The fraction of sp³-hybridized carbons (Fsp3) is 0.562. The van der Waals surface area contributed by atoms with Gasteiger partial charge in [0.25, 0.3) is 0 Å². The van der Waals surface area contributed by atoms with Crippen molar-refractivity contribution in [3.63, 3.8) is 0 Å². The Hall–Kier alpha value is -1.31. The average molecular weight is 246 g/mol. The zero-order chi connectivity index (χ0) is 14.0. The lowest BCUT2D eigenvalue weighted by Crippen LogP contribution is -2.18. The lowest BCUT2D eigenvalue weighted by Gasteiger charge is -2.29. The summed E-state index contributed by atoms with van der Waals surface area (Å²) in [5, 5.41) is 0. The van der Waals surface area contributed by atoms with Crippen molar-refractivity contribution in [1.29, 1.82) is 0 Å². The van der Waals surface area contributed by atoms with Crippen LogP contribution in [0, 0.1) is 12.8 Å². The van der Waals surface area contributed by atoms with Crippen LogP contribution in [0.2, 0.25) is 0 Å². The van der Waals surface area contributed by atoms with Gasteiger partial charge in [0.05, 0.1) is 5.69 Å². The molecule has 2 nitrogen and oxygen atoms in total. The van der Waals surface area contributed by atoms with E-state index in [0.29, 0.717) is 11.8 Å². The van der Waals surface area contributed by atoms with E-state index in [0.717, 1.165) is 5.82 Å². The number of hydrogen-bond acceptors (Lipinski definition) is 1. The smallest absolute Gasteiger partial charge is 0.106 e. The van der Waals surface area contributed by atoms with Crippen LogP contribution in [0.25, 0.3) is 5.57 Å². The molecule has 0 saturated carbocycles. The van der Waals surface area contributed by atoms with Gasteiger partial charge in [-0.25, -0.2) is 4.98 Å². The molecule has 18 heavy (non-hydrogen) atoms. The molecule has 1 heterocycles. The fourth-order valence-corrected chi connectivity index (χ4v) is 2.56. The predicted octanol–water partition coefficient (Wildman–Crippen LogP) is 4.47. The summed E-state index contributed by atoms with van der Waals surface area (Å²) in [4.78, 5) is 4.67. The van der Waals surface area contributed by atoms with Gasteiger partial charge in [-0.1, -0.05) is 25.5 Å². The first-order valence-electron chi connectivity index (χ1n) is 6.64. The van der Waals surface area contributed by atoms with Crippen LogP contribution in [0.15, 0.2) is 18.2 Å². The zero-order valence-electron chi connectivity index (χ0n) is 12.8. The van der Waals surface area contributed by atoms with Crippen molar-refractivity contribution < 1.29 is 0 Å². The van der Waals surface area contributed by atoms with E-state index in [1.54, 1.807) is 6.08 Å². The Bertz CT molecular complexity index is 478. The van der Waals surface area contributed by atoms with E-state index >= 15 is 0 Å². The molecule has 1 aliphatic rings. The standard InChI is InChI=1S/C13H20N2.C3H6/c1-7-8(2)10(4)13-12(9(7)3)14-11(5)15(13)6;1-3-2/h8,10H,1-6H3;3H,1H2,2H3. The van der Waals surface area contributed by atoms with Crippen molar-refractivity contribution in [3.8, 4) is 0 Å². The monoisotopic (exact) mass is 246 g/mol. The minimum Gasteiger partial charge on any atom is -0.334 e. The summed E-state index contributed by atoms with van der Waals surface area (Å²) in [5.74, 6) is 2.33. The van der Waals surface area contributed by atoms with Gasteiger partial charge in [0, 0.05) is 18.7 Å². The van der Waals surface area contributed by atoms with Crippen LogP contribution in [0.4, 0.5) is 0 Å². The summed E-state index contributed by atoms with van der Waals surface area (Å²) in [6.45, 7) is 16.4. The second-order valence-corrected chi connectivity index (χ2v) is 5.25. The number of nitrogens with zero attached hydrogens (tertiary/aromatic N) is 2. The minimum atomic E-state index is 0.579. The largest absolute Gasteiger partial charge is 0.334 e. The third kappa shape index (κ3) is 2.29. The first-order valence-corrected chi connectivity index (χ1v) is 6.64. The summed E-state index contributed by atoms with van der Waals surface area (Å²) < 4.78 is 2.24. The molecule has 1 aliphatic carbocycles. The molecular weight excluding hydrogens is 220 g/mol. The summed E-state index contributed by atoms with van der Waals surface area (Å²) in [5.41, 5.74) is 5.49. The first-order chi connectivity index (χ1) is 8.36. The van der Waals surface area contributed by atoms with E-state index in [1.807, 2.05) is 6.92 Å². The molecule has 0 spiro atoms. The lowest BCUT2D eigenvalue weighted by atomic mass is 9.78. The number of aromatic nitrogens is 2. The van der Waals surface area contributed by atoms with Gasteiger partial charge in [0.15, 0.2) is 0 Å². The van der Waals surface area contributed by atoms with E-state index < -0.39 is 0 Å². The Morgan fingerprint density at radius 1 is 1.17 bits per heavy atom. The summed E-state index contributed by atoms with van der Waals surface area (Å²) in [6.07, 6.45) is 1.75. The van der Waals surface area contributed by atoms with E-state index in [2.05, 4.69) is 57.8 Å². The minimum absolute atomic E-state index is 0.579. The molecule has 1 aromatic rings. The fourth-order valence-electron chi connectivity index (χ4n) is 2.56. The van der Waals surface area contributed by atoms with Crippen LogP contribution in [0.3, 0.4) is 0 Å². The third-order valence-electron chi connectivity index (χ3n) is 4.17. The van der Waals surface area contributed by atoms with Gasteiger partial charge >= 0.3 is 0 Å². The Morgan fingerprint density at radius 2 is 1.67 bits per heavy atom. The van der Waals surface area contributed by atoms with Crippen molar-refractivity contribution in [2.45, 2.75) is 47.5 Å². The van der Waals surface area contributed by atoms with Gasteiger partial charge < -0.3 is 4.57 Å². The van der Waals surface area contributed by atoms with Gasteiger partial charge in [-0.2, -0.15) is 0 Å². The number of hydrogen-bond donors (Lipinski definition) is 0. The second-order valence-electron chi connectivity index (χ2n) is 5.25. The van der Waals surface area contributed by atoms with E-state index in [9.17, 15) is 0 Å². The van der Waals surface area contributed by atoms with Crippen LogP contribution in [0.5, 0.6) is 0 Å². The average Bonchev–Trinajstić information content (AvgIpc) is 2.62. The maximum atomic E-state index is 4.67. The highest BCUT2D eigenvalue weighted by Gasteiger charge is 2.30. The van der Waals surface area contributed by atoms with E-state index in [4.69, 9.17) is 0 Å². The molecule has 0 saturated heterocycles. The second kappa shape index (κ2) is 5.55. The van der Waals surface area contributed by atoms with Gasteiger partial charge in [0.1, 0.15) is 5.82 Å². The Labute approximate surface area is 111 Å². The Kier molecular flexibility index (Phi) is 4.55. The molecule has 2 rings (SSSR count). The zero-order valence-corrected chi connectivity index (χ0v) is 12.8. The molecule has 0 aliphatic heterocycles. The van der Waals surface area contributed by atoms with Gasteiger partial charge in [-0.15, -0.1) is 6.58 Å². The maximum absolute atomic E-state index is 4.67. The highest BCUT2D eigenvalue weighted by Crippen LogP contribution is 2.41. The van der Waals surface area contributed by atoms with Crippen LogP contribution in [-0.2, 0) is 7.05 Å². The number of allylic oxidation sites excluding steroid dienone is 3. The van der Waals surface area contributed by atoms with Crippen molar-refractivity contribution in [2.75, 3.05) is 0 Å². The lowest BCUT2D eigenvalue weighted by molar-refractivity contribution is 0.521. The molecule has 2 unspecified atom stereocenters. The number of rotatable bonds is 0. The highest BCUT2D eigenvalue weighted by atomic mass is 15.1. The molecular formula is C16H26N2. The molecule has 0 fully saturated rings. The summed E-state index contributed by atoms with van der Waals surface area (Å²) in [7, 11) is 2.12. The number of aryl methyl sites for hydroxylation is 1. The Balaban J connectivity index is 0.000000492. The van der Waals surface area contributed by atoms with Gasteiger partial charge in [-0.3, -0.25) is 0 Å². The quantitative estimate of drug-likeness (QED) is 0.618. The SMILES string of the molecule is C=CC.CC1=C(C)C(C)C(C)c2c1nc(C)n2C. The molecule has 1 aromatic heterocycles. The van der Waals surface area contributed by atoms with Crippen LogP contribution >= 0.6 is 0 Å². The maximum Gasteiger partial charge on any atom is 0.106 e. The Morgan fingerprint density at radius 3 is 2.17 bits per heavy atom. The predicted molar refractivity (Wildman–Crippen MR) is 79.7 cm³/mol. The number of fused-ring (bicyclic) bond motifs is 1.